The molecule has 1 rings (SSSR count). The fourth-order valence-electron chi connectivity index (χ4n) is 1.09. The Hall–Kier alpha value is -0.410. The fourth-order valence-corrected chi connectivity index (χ4v) is 1.09. The largest absolute Gasteiger partial charge is 0.321 e. The van der Waals surface area contributed by atoms with Crippen molar-refractivity contribution in [2.24, 2.45) is 11.7 Å². The van der Waals surface area contributed by atoms with E-state index in [1.165, 1.54) is 32.9 Å². The normalized spacial score (nSPS) is 17.9. The van der Waals surface area contributed by atoms with E-state index in [2.05, 4.69) is 5.32 Å². The number of ketones is 1. The molecular weight excluding hydrogens is 164 g/mol. The van der Waals surface area contributed by atoms with E-state index in [1.807, 2.05) is 13.8 Å². The molecule has 0 saturated carbocycles. The van der Waals surface area contributed by atoms with Crippen LogP contribution in [0.25, 0.3) is 0 Å². The Morgan fingerprint density at radius 2 is 1.77 bits per heavy atom. The molecule has 0 aliphatic carbocycles. The summed E-state index contributed by atoms with van der Waals surface area (Å²) in [4.78, 5) is 10.5. The van der Waals surface area contributed by atoms with Gasteiger partial charge in [-0.3, -0.25) is 4.79 Å². The topological polar surface area (TPSA) is 55.1 Å². The van der Waals surface area contributed by atoms with Crippen molar-refractivity contribution >= 4 is 5.78 Å². The maximum Gasteiger partial charge on any atom is 0.146 e. The van der Waals surface area contributed by atoms with Crippen molar-refractivity contribution in [2.75, 3.05) is 13.1 Å². The van der Waals surface area contributed by atoms with E-state index in [9.17, 15) is 4.79 Å². The number of nitrogens with one attached hydrogen (secondary N) is 1. The molecule has 1 aliphatic heterocycles. The van der Waals surface area contributed by atoms with Gasteiger partial charge in [0.2, 0.25) is 0 Å². The SMILES string of the molecule is C1CCNC1.CC(=O)C(N)C(C)C. The molecule has 1 aliphatic rings. The maximum absolute atomic E-state index is 10.5. The summed E-state index contributed by atoms with van der Waals surface area (Å²) in [5, 5.41) is 3.22. The highest BCUT2D eigenvalue weighted by Crippen LogP contribution is 1.97. The van der Waals surface area contributed by atoms with Crippen LogP contribution in [-0.4, -0.2) is 24.9 Å². The third-order valence-electron chi connectivity index (χ3n) is 2.14. The summed E-state index contributed by atoms with van der Waals surface area (Å²) < 4.78 is 0. The second kappa shape index (κ2) is 7.04. The van der Waals surface area contributed by atoms with Crippen LogP contribution in [0.15, 0.2) is 0 Å². The molecule has 0 aromatic heterocycles. The van der Waals surface area contributed by atoms with E-state index in [0.29, 0.717) is 0 Å². The van der Waals surface area contributed by atoms with E-state index in [1.54, 1.807) is 0 Å². The van der Waals surface area contributed by atoms with E-state index < -0.39 is 0 Å². The smallest absolute Gasteiger partial charge is 0.146 e. The molecule has 1 unspecified atom stereocenters. The van der Waals surface area contributed by atoms with Gasteiger partial charge in [-0.25, -0.2) is 0 Å². The highest BCUT2D eigenvalue weighted by molar-refractivity contribution is 5.81. The second-order valence-corrected chi connectivity index (χ2v) is 3.84. The van der Waals surface area contributed by atoms with E-state index >= 15 is 0 Å². The molecule has 1 atom stereocenters. The summed E-state index contributed by atoms with van der Waals surface area (Å²) in [6.07, 6.45) is 2.78. The van der Waals surface area contributed by atoms with Gasteiger partial charge in [0.1, 0.15) is 5.78 Å². The highest BCUT2D eigenvalue weighted by atomic mass is 16.1. The van der Waals surface area contributed by atoms with Crippen molar-refractivity contribution < 1.29 is 4.79 Å². The van der Waals surface area contributed by atoms with Crippen molar-refractivity contribution in [1.29, 1.82) is 0 Å². The van der Waals surface area contributed by atoms with Crippen molar-refractivity contribution in [2.45, 2.75) is 39.7 Å². The lowest BCUT2D eigenvalue weighted by Gasteiger charge is -2.09. The summed E-state index contributed by atoms with van der Waals surface area (Å²) in [5.41, 5.74) is 5.41. The monoisotopic (exact) mass is 186 g/mol. The number of hydrogen-bond donors (Lipinski definition) is 2. The van der Waals surface area contributed by atoms with Gasteiger partial charge in [-0.1, -0.05) is 13.8 Å². The number of nitrogens with two attached hydrogens (primary N) is 1. The Morgan fingerprint density at radius 1 is 1.31 bits per heavy atom. The molecule has 0 bridgehead atoms. The number of carbonyl (C=O) groups is 1. The van der Waals surface area contributed by atoms with Gasteiger partial charge in [0, 0.05) is 0 Å². The Morgan fingerprint density at radius 3 is 1.85 bits per heavy atom. The van der Waals surface area contributed by atoms with Crippen LogP contribution < -0.4 is 11.1 Å². The molecule has 78 valence electrons. The van der Waals surface area contributed by atoms with Crippen LogP contribution >= 0.6 is 0 Å². The first-order valence-electron chi connectivity index (χ1n) is 5.02. The summed E-state index contributed by atoms with van der Waals surface area (Å²) in [7, 11) is 0. The van der Waals surface area contributed by atoms with Gasteiger partial charge in [0.25, 0.3) is 0 Å². The van der Waals surface area contributed by atoms with E-state index in [0.717, 1.165) is 0 Å². The second-order valence-electron chi connectivity index (χ2n) is 3.84. The molecule has 1 fully saturated rings. The van der Waals surface area contributed by atoms with Gasteiger partial charge < -0.3 is 11.1 Å². The van der Waals surface area contributed by atoms with Crippen LogP contribution in [0.5, 0.6) is 0 Å². The van der Waals surface area contributed by atoms with Crippen LogP contribution in [0.3, 0.4) is 0 Å². The van der Waals surface area contributed by atoms with Gasteiger partial charge >= 0.3 is 0 Å². The average Bonchev–Trinajstić information content (AvgIpc) is 2.59. The molecule has 0 aromatic rings. The van der Waals surface area contributed by atoms with Crippen molar-refractivity contribution in [1.82, 2.24) is 5.32 Å². The van der Waals surface area contributed by atoms with Crippen molar-refractivity contribution in [3.05, 3.63) is 0 Å². The molecule has 1 heterocycles. The average molecular weight is 186 g/mol. The molecule has 3 N–H and O–H groups in total. The van der Waals surface area contributed by atoms with Crippen LogP contribution in [-0.2, 0) is 4.79 Å². The summed E-state index contributed by atoms with van der Waals surface area (Å²) >= 11 is 0. The lowest BCUT2D eigenvalue weighted by atomic mass is 10.0. The Bertz CT molecular complexity index is 134. The van der Waals surface area contributed by atoms with Crippen LogP contribution in [0.2, 0.25) is 0 Å². The van der Waals surface area contributed by atoms with Gasteiger partial charge in [0.05, 0.1) is 6.04 Å². The van der Waals surface area contributed by atoms with Crippen molar-refractivity contribution in [3.63, 3.8) is 0 Å². The van der Waals surface area contributed by atoms with Gasteiger partial charge in [-0.05, 0) is 38.8 Å². The predicted molar refractivity (Wildman–Crippen MR) is 55.6 cm³/mol. The molecule has 13 heavy (non-hydrogen) atoms. The number of hydrogen-bond acceptors (Lipinski definition) is 3. The fraction of sp³-hybridized carbons (Fsp3) is 0.900. The molecule has 3 nitrogen and oxygen atoms in total. The van der Waals surface area contributed by atoms with Crippen LogP contribution in [0.4, 0.5) is 0 Å². The minimum atomic E-state index is -0.269. The number of Topliss-reactive ketones (excluding diaryl/α,β-unsaturated/α-hetero) is 1. The molecule has 3 heteroatoms. The molecular formula is C10H22N2O. The molecule has 1 saturated heterocycles. The molecule has 0 aromatic carbocycles. The van der Waals surface area contributed by atoms with Crippen molar-refractivity contribution in [3.8, 4) is 0 Å². The zero-order chi connectivity index (χ0) is 10.3. The number of carbonyl (C=O) groups excluding carboxylic acids is 1. The maximum atomic E-state index is 10.5. The summed E-state index contributed by atoms with van der Waals surface area (Å²) in [6, 6.07) is -0.269. The Labute approximate surface area is 81.1 Å². The number of rotatable bonds is 2. The summed E-state index contributed by atoms with van der Waals surface area (Å²) in [5.74, 6) is 0.340. The standard InChI is InChI=1S/C6H13NO.C4H9N/c1-4(2)6(7)5(3)8;1-2-4-5-3-1/h4,6H,7H2,1-3H3;5H,1-4H2. The molecule has 0 radical (unpaired) electrons. The zero-order valence-electron chi connectivity index (χ0n) is 8.97. The minimum Gasteiger partial charge on any atom is -0.321 e. The molecule has 0 spiro atoms. The lowest BCUT2D eigenvalue weighted by Crippen LogP contribution is -2.33. The predicted octanol–water partition coefficient (Wildman–Crippen LogP) is 0.928. The Balaban J connectivity index is 0.000000243. The zero-order valence-corrected chi connectivity index (χ0v) is 8.97. The first kappa shape index (κ1) is 12.6. The van der Waals surface area contributed by atoms with Crippen LogP contribution in [0, 0.1) is 5.92 Å². The van der Waals surface area contributed by atoms with Gasteiger partial charge in [0.15, 0.2) is 0 Å². The lowest BCUT2D eigenvalue weighted by molar-refractivity contribution is -0.119. The Kier molecular flexibility index (Phi) is 6.82. The van der Waals surface area contributed by atoms with Gasteiger partial charge in [-0.15, -0.1) is 0 Å². The summed E-state index contributed by atoms with van der Waals surface area (Å²) in [6.45, 7) is 7.89. The minimum absolute atomic E-state index is 0.0694. The third-order valence-corrected chi connectivity index (χ3v) is 2.14. The van der Waals surface area contributed by atoms with E-state index in [4.69, 9.17) is 5.73 Å². The first-order valence-corrected chi connectivity index (χ1v) is 5.02. The quantitative estimate of drug-likeness (QED) is 0.674. The first-order chi connectivity index (χ1) is 6.05. The van der Waals surface area contributed by atoms with Crippen LogP contribution in [0.1, 0.15) is 33.6 Å². The van der Waals surface area contributed by atoms with E-state index in [-0.39, 0.29) is 17.7 Å². The molecule has 0 amide bonds. The van der Waals surface area contributed by atoms with Gasteiger partial charge in [-0.2, -0.15) is 0 Å². The third kappa shape index (κ3) is 6.72. The highest BCUT2D eigenvalue weighted by Gasteiger charge is 2.10.